The van der Waals surface area contributed by atoms with E-state index in [1.807, 2.05) is 13.8 Å². The van der Waals surface area contributed by atoms with E-state index in [-0.39, 0.29) is 37.0 Å². The molecule has 0 saturated carbocycles. The second-order valence-electron chi connectivity index (χ2n) is 4.34. The minimum atomic E-state index is -0.210. The van der Waals surface area contributed by atoms with Crippen LogP contribution in [0.1, 0.15) is 39.5 Å². The van der Waals surface area contributed by atoms with Gasteiger partial charge in [0.05, 0.1) is 6.54 Å². The third-order valence-corrected chi connectivity index (χ3v) is 2.49. The highest BCUT2D eigenvalue weighted by molar-refractivity contribution is 6.04. The SMILES string of the molecule is CC(C)CCC(=O)CN1C(=O)CCC1=O. The van der Waals surface area contributed by atoms with Crippen molar-refractivity contribution in [2.75, 3.05) is 6.54 Å². The molecule has 1 aliphatic rings. The van der Waals surface area contributed by atoms with E-state index in [1.54, 1.807) is 0 Å². The van der Waals surface area contributed by atoms with E-state index in [4.69, 9.17) is 0 Å². The number of carbonyl (C=O) groups excluding carboxylic acids is 3. The lowest BCUT2D eigenvalue weighted by Gasteiger charge is -2.12. The molecule has 0 N–H and O–H groups in total. The van der Waals surface area contributed by atoms with Crippen LogP contribution in [0.4, 0.5) is 0 Å². The number of hydrogen-bond donors (Lipinski definition) is 0. The molecule has 1 saturated heterocycles. The standard InChI is InChI=1S/C11H17NO3/c1-8(2)3-4-9(13)7-12-10(14)5-6-11(12)15/h8H,3-7H2,1-2H3. The van der Waals surface area contributed by atoms with Crippen molar-refractivity contribution in [1.29, 1.82) is 0 Å². The lowest BCUT2D eigenvalue weighted by atomic mass is 10.1. The molecule has 84 valence electrons. The molecule has 0 spiro atoms. The summed E-state index contributed by atoms with van der Waals surface area (Å²) < 4.78 is 0. The largest absolute Gasteiger partial charge is 0.298 e. The van der Waals surface area contributed by atoms with Crippen molar-refractivity contribution < 1.29 is 14.4 Å². The summed E-state index contributed by atoms with van der Waals surface area (Å²) >= 11 is 0. The van der Waals surface area contributed by atoms with Crippen LogP contribution in [0, 0.1) is 5.92 Å². The van der Waals surface area contributed by atoms with Gasteiger partial charge in [-0.25, -0.2) is 0 Å². The van der Waals surface area contributed by atoms with E-state index in [1.165, 1.54) is 0 Å². The Bertz CT molecular complexity index is 268. The maximum absolute atomic E-state index is 11.4. The van der Waals surface area contributed by atoms with Crippen LogP contribution in [-0.2, 0) is 14.4 Å². The summed E-state index contributed by atoms with van der Waals surface area (Å²) in [6, 6.07) is 0. The maximum atomic E-state index is 11.4. The average molecular weight is 211 g/mol. The normalized spacial score (nSPS) is 16.6. The second kappa shape index (κ2) is 5.05. The Morgan fingerprint density at radius 1 is 1.27 bits per heavy atom. The van der Waals surface area contributed by atoms with Crippen molar-refractivity contribution in [1.82, 2.24) is 4.90 Å². The van der Waals surface area contributed by atoms with Crippen molar-refractivity contribution in [2.24, 2.45) is 5.92 Å². The first kappa shape index (κ1) is 11.9. The van der Waals surface area contributed by atoms with Gasteiger partial charge in [0.2, 0.25) is 11.8 Å². The van der Waals surface area contributed by atoms with Gasteiger partial charge in [0.1, 0.15) is 0 Å². The van der Waals surface area contributed by atoms with Gasteiger partial charge in [0.25, 0.3) is 0 Å². The zero-order valence-electron chi connectivity index (χ0n) is 9.28. The first-order valence-corrected chi connectivity index (χ1v) is 5.35. The summed E-state index contributed by atoms with van der Waals surface area (Å²) in [6.07, 6.45) is 1.79. The van der Waals surface area contributed by atoms with E-state index in [2.05, 4.69) is 0 Å². The molecule has 4 nitrogen and oxygen atoms in total. The Hall–Kier alpha value is -1.19. The van der Waals surface area contributed by atoms with E-state index in [0.29, 0.717) is 12.3 Å². The summed E-state index contributed by atoms with van der Waals surface area (Å²) in [7, 11) is 0. The number of amides is 2. The molecule has 0 radical (unpaired) electrons. The van der Waals surface area contributed by atoms with Gasteiger partial charge in [0, 0.05) is 19.3 Å². The first-order valence-electron chi connectivity index (χ1n) is 5.35. The zero-order valence-corrected chi connectivity index (χ0v) is 9.28. The number of nitrogens with zero attached hydrogens (tertiary/aromatic N) is 1. The lowest BCUT2D eigenvalue weighted by Crippen LogP contribution is -2.34. The molecular formula is C11H17NO3. The zero-order chi connectivity index (χ0) is 11.4. The molecule has 0 aliphatic carbocycles. The van der Waals surface area contributed by atoms with Crippen LogP contribution in [0.15, 0.2) is 0 Å². The van der Waals surface area contributed by atoms with Gasteiger partial charge in [-0.15, -0.1) is 0 Å². The molecule has 1 aliphatic heterocycles. The number of rotatable bonds is 5. The number of likely N-dealkylation sites (tertiary alicyclic amines) is 1. The van der Waals surface area contributed by atoms with Gasteiger partial charge < -0.3 is 0 Å². The summed E-state index contributed by atoms with van der Waals surface area (Å²) in [4.78, 5) is 35.0. The van der Waals surface area contributed by atoms with E-state index in [9.17, 15) is 14.4 Å². The number of imide groups is 1. The predicted octanol–water partition coefficient (Wildman–Crippen LogP) is 1.14. The molecule has 1 rings (SSSR count). The van der Waals surface area contributed by atoms with Crippen LogP contribution in [0.2, 0.25) is 0 Å². The van der Waals surface area contributed by atoms with Crippen LogP contribution in [0.5, 0.6) is 0 Å². The minimum absolute atomic E-state index is 0.0210. The van der Waals surface area contributed by atoms with Crippen molar-refractivity contribution >= 4 is 17.6 Å². The molecule has 0 aromatic heterocycles. The monoisotopic (exact) mass is 211 g/mol. The fourth-order valence-electron chi connectivity index (χ4n) is 1.50. The third-order valence-electron chi connectivity index (χ3n) is 2.49. The highest BCUT2D eigenvalue weighted by atomic mass is 16.2. The van der Waals surface area contributed by atoms with E-state index < -0.39 is 0 Å². The molecule has 0 aromatic carbocycles. The maximum Gasteiger partial charge on any atom is 0.230 e. The summed E-state index contributed by atoms with van der Waals surface area (Å²) in [5.41, 5.74) is 0. The molecular weight excluding hydrogens is 194 g/mol. The average Bonchev–Trinajstić information content (AvgIpc) is 2.46. The van der Waals surface area contributed by atoms with Gasteiger partial charge in [-0.3, -0.25) is 19.3 Å². The highest BCUT2D eigenvalue weighted by Crippen LogP contribution is 2.12. The van der Waals surface area contributed by atoms with Crippen molar-refractivity contribution in [3.63, 3.8) is 0 Å². The van der Waals surface area contributed by atoms with E-state index in [0.717, 1.165) is 11.3 Å². The second-order valence-corrected chi connectivity index (χ2v) is 4.34. The molecule has 0 aromatic rings. The Kier molecular flexibility index (Phi) is 4.00. The number of carbonyl (C=O) groups is 3. The summed E-state index contributed by atoms with van der Waals surface area (Å²) in [6.45, 7) is 4.06. The topological polar surface area (TPSA) is 54.5 Å². The molecule has 1 fully saturated rings. The Balaban J connectivity index is 2.37. The molecule has 1 heterocycles. The number of Topliss-reactive ketones (excluding diaryl/α,β-unsaturated/α-hetero) is 1. The molecule has 15 heavy (non-hydrogen) atoms. The number of ketones is 1. The van der Waals surface area contributed by atoms with Crippen LogP contribution < -0.4 is 0 Å². The Morgan fingerprint density at radius 2 is 1.80 bits per heavy atom. The highest BCUT2D eigenvalue weighted by Gasteiger charge is 2.29. The first-order chi connectivity index (χ1) is 7.00. The van der Waals surface area contributed by atoms with Crippen LogP contribution in [0.25, 0.3) is 0 Å². The van der Waals surface area contributed by atoms with Gasteiger partial charge >= 0.3 is 0 Å². The van der Waals surface area contributed by atoms with Crippen LogP contribution in [0.3, 0.4) is 0 Å². The fourth-order valence-corrected chi connectivity index (χ4v) is 1.50. The lowest BCUT2D eigenvalue weighted by molar-refractivity contribution is -0.141. The smallest absolute Gasteiger partial charge is 0.230 e. The van der Waals surface area contributed by atoms with Gasteiger partial charge in [-0.2, -0.15) is 0 Å². The van der Waals surface area contributed by atoms with Crippen LogP contribution >= 0.6 is 0 Å². The quantitative estimate of drug-likeness (QED) is 0.641. The van der Waals surface area contributed by atoms with Gasteiger partial charge in [-0.05, 0) is 12.3 Å². The minimum Gasteiger partial charge on any atom is -0.298 e. The van der Waals surface area contributed by atoms with Crippen LogP contribution in [-0.4, -0.2) is 29.0 Å². The predicted molar refractivity (Wildman–Crippen MR) is 55.0 cm³/mol. The Morgan fingerprint density at radius 3 is 2.27 bits per heavy atom. The molecule has 2 amide bonds. The molecule has 0 bridgehead atoms. The van der Waals surface area contributed by atoms with Crippen molar-refractivity contribution in [2.45, 2.75) is 39.5 Å². The summed E-state index contributed by atoms with van der Waals surface area (Å²) in [5.74, 6) is 0.0297. The molecule has 4 heteroatoms. The Labute approximate surface area is 89.6 Å². The third kappa shape index (κ3) is 3.46. The van der Waals surface area contributed by atoms with Crippen molar-refractivity contribution in [3.8, 4) is 0 Å². The molecule has 0 atom stereocenters. The molecule has 0 unspecified atom stereocenters. The van der Waals surface area contributed by atoms with Crippen molar-refractivity contribution in [3.05, 3.63) is 0 Å². The summed E-state index contributed by atoms with van der Waals surface area (Å²) in [5, 5.41) is 0. The van der Waals surface area contributed by atoms with Gasteiger partial charge in [-0.1, -0.05) is 13.8 Å². The van der Waals surface area contributed by atoms with Gasteiger partial charge in [0.15, 0.2) is 5.78 Å². The fraction of sp³-hybridized carbons (Fsp3) is 0.727. The van der Waals surface area contributed by atoms with E-state index >= 15 is 0 Å². The number of hydrogen-bond acceptors (Lipinski definition) is 3.